The van der Waals surface area contributed by atoms with Crippen molar-refractivity contribution in [2.45, 2.75) is 0 Å². The highest BCUT2D eigenvalue weighted by atomic mass is 16.6. The van der Waals surface area contributed by atoms with Crippen LogP contribution in [0.1, 0.15) is 5.76 Å². The first-order valence-electron chi connectivity index (χ1n) is 6.03. The Morgan fingerprint density at radius 1 is 1.19 bits per heavy atom. The van der Waals surface area contributed by atoms with Crippen molar-refractivity contribution in [1.82, 2.24) is 5.16 Å². The van der Waals surface area contributed by atoms with Crippen molar-refractivity contribution in [1.29, 1.82) is 0 Å². The molecule has 0 fully saturated rings. The maximum absolute atomic E-state index is 10.5. The van der Waals surface area contributed by atoms with E-state index in [4.69, 9.17) is 8.94 Å². The van der Waals surface area contributed by atoms with Crippen molar-refractivity contribution in [3.8, 4) is 11.3 Å². The largest absolute Gasteiger partial charge is 0.433 e. The van der Waals surface area contributed by atoms with Crippen LogP contribution in [0.3, 0.4) is 0 Å². The van der Waals surface area contributed by atoms with E-state index in [1.807, 2.05) is 30.3 Å². The average Bonchev–Trinajstić information content (AvgIpc) is 3.15. The molecule has 0 unspecified atom stereocenters. The average molecular weight is 283 g/mol. The molecule has 0 N–H and O–H groups in total. The number of hydrogen-bond acceptors (Lipinski definition) is 6. The van der Waals surface area contributed by atoms with E-state index < -0.39 is 4.92 Å². The van der Waals surface area contributed by atoms with Crippen LogP contribution in [-0.2, 0) is 0 Å². The van der Waals surface area contributed by atoms with Gasteiger partial charge < -0.3 is 8.94 Å². The Morgan fingerprint density at radius 2 is 2.00 bits per heavy atom. The van der Waals surface area contributed by atoms with Gasteiger partial charge in [-0.15, -0.1) is 0 Å². The predicted molar refractivity (Wildman–Crippen MR) is 74.6 cm³/mol. The zero-order chi connectivity index (χ0) is 14.7. The van der Waals surface area contributed by atoms with Crippen LogP contribution in [-0.4, -0.2) is 16.3 Å². The zero-order valence-electron chi connectivity index (χ0n) is 10.7. The molecule has 0 radical (unpaired) electrons. The number of furan rings is 1. The van der Waals surface area contributed by atoms with Crippen LogP contribution in [0, 0.1) is 10.1 Å². The minimum atomic E-state index is -0.612. The summed E-state index contributed by atoms with van der Waals surface area (Å²) in [7, 11) is 0. The molecule has 3 aromatic rings. The Labute approximate surface area is 118 Å². The van der Waals surface area contributed by atoms with Gasteiger partial charge in [-0.2, -0.15) is 0 Å². The first-order chi connectivity index (χ1) is 10.2. The number of aromatic nitrogens is 1. The zero-order valence-corrected chi connectivity index (χ0v) is 10.7. The summed E-state index contributed by atoms with van der Waals surface area (Å²) in [5, 5.41) is 14.4. The van der Waals surface area contributed by atoms with Crippen molar-refractivity contribution in [2.75, 3.05) is 0 Å². The van der Waals surface area contributed by atoms with Crippen molar-refractivity contribution in [2.24, 2.45) is 4.99 Å². The lowest BCUT2D eigenvalue weighted by molar-refractivity contribution is -0.402. The van der Waals surface area contributed by atoms with Gasteiger partial charge in [0.2, 0.25) is 0 Å². The Balaban J connectivity index is 1.77. The van der Waals surface area contributed by atoms with E-state index in [1.54, 1.807) is 6.07 Å². The molecule has 2 aromatic heterocycles. The maximum atomic E-state index is 10.5. The molecule has 1 aromatic carbocycles. The summed E-state index contributed by atoms with van der Waals surface area (Å²) in [6.07, 6.45) is 1.34. The van der Waals surface area contributed by atoms with Crippen LogP contribution in [0.25, 0.3) is 11.3 Å². The number of aliphatic imine (C=N–C) groups is 1. The monoisotopic (exact) mass is 283 g/mol. The molecule has 7 nitrogen and oxygen atoms in total. The number of nitrogens with zero attached hydrogens (tertiary/aromatic N) is 3. The second kappa shape index (κ2) is 5.41. The van der Waals surface area contributed by atoms with Crippen molar-refractivity contribution in [3.05, 3.63) is 64.4 Å². The van der Waals surface area contributed by atoms with Crippen molar-refractivity contribution >= 4 is 18.0 Å². The van der Waals surface area contributed by atoms with Gasteiger partial charge in [-0.1, -0.05) is 35.5 Å². The standard InChI is InChI=1S/C14H9N3O4/c18-17(19)14-7-6-11(20-14)9-15-13-8-12(16-21-13)10-4-2-1-3-5-10/h1-9H. The quantitative estimate of drug-likeness (QED) is 0.414. The smallest absolute Gasteiger partial charge is 0.400 e. The lowest BCUT2D eigenvalue weighted by atomic mass is 10.2. The normalized spacial score (nSPS) is 11.0. The topological polar surface area (TPSA) is 94.7 Å². The Hall–Kier alpha value is -3.22. The molecule has 104 valence electrons. The summed E-state index contributed by atoms with van der Waals surface area (Å²) in [4.78, 5) is 13.9. The van der Waals surface area contributed by atoms with Gasteiger partial charge in [0.15, 0.2) is 5.76 Å². The Kier molecular flexibility index (Phi) is 3.30. The first kappa shape index (κ1) is 12.8. The number of hydrogen-bond donors (Lipinski definition) is 0. The molecule has 0 atom stereocenters. The van der Waals surface area contributed by atoms with Crippen LogP contribution in [0.15, 0.2) is 62.5 Å². The van der Waals surface area contributed by atoms with Gasteiger partial charge in [0.05, 0.1) is 12.3 Å². The summed E-state index contributed by atoms with van der Waals surface area (Å²) >= 11 is 0. The molecule has 21 heavy (non-hydrogen) atoms. The van der Waals surface area contributed by atoms with Crippen LogP contribution >= 0.6 is 0 Å². The molecular formula is C14H9N3O4. The molecule has 0 aliphatic rings. The lowest BCUT2D eigenvalue weighted by Gasteiger charge is -1.90. The molecule has 0 spiro atoms. The molecule has 2 heterocycles. The van der Waals surface area contributed by atoms with Gasteiger partial charge in [-0.3, -0.25) is 10.1 Å². The fourth-order valence-corrected chi connectivity index (χ4v) is 1.71. The minimum Gasteiger partial charge on any atom is -0.400 e. The van der Waals surface area contributed by atoms with Crippen LogP contribution in [0.2, 0.25) is 0 Å². The highest BCUT2D eigenvalue weighted by Crippen LogP contribution is 2.23. The summed E-state index contributed by atoms with van der Waals surface area (Å²) in [6, 6.07) is 13.9. The molecule has 0 bridgehead atoms. The fourth-order valence-electron chi connectivity index (χ4n) is 1.71. The third kappa shape index (κ3) is 2.86. The van der Waals surface area contributed by atoms with Gasteiger partial charge in [0.1, 0.15) is 10.6 Å². The van der Waals surface area contributed by atoms with Gasteiger partial charge in [0.25, 0.3) is 5.88 Å². The summed E-state index contributed by atoms with van der Waals surface area (Å²) in [5.74, 6) is 0.214. The molecular weight excluding hydrogens is 274 g/mol. The maximum Gasteiger partial charge on any atom is 0.433 e. The van der Waals surface area contributed by atoms with Crippen LogP contribution in [0.5, 0.6) is 0 Å². The highest BCUT2D eigenvalue weighted by Gasteiger charge is 2.10. The molecule has 3 rings (SSSR count). The number of rotatable bonds is 4. The van der Waals surface area contributed by atoms with E-state index in [-0.39, 0.29) is 17.5 Å². The Morgan fingerprint density at radius 3 is 2.71 bits per heavy atom. The van der Waals surface area contributed by atoms with Gasteiger partial charge >= 0.3 is 5.88 Å². The minimum absolute atomic E-state index is 0.263. The molecule has 0 amide bonds. The van der Waals surface area contributed by atoms with Crippen molar-refractivity contribution in [3.63, 3.8) is 0 Å². The second-order valence-electron chi connectivity index (χ2n) is 4.11. The van der Waals surface area contributed by atoms with E-state index in [0.717, 1.165) is 5.56 Å². The summed E-state index contributed by atoms with van der Waals surface area (Å²) < 4.78 is 10.0. The second-order valence-corrected chi connectivity index (χ2v) is 4.11. The molecule has 0 aliphatic carbocycles. The van der Waals surface area contributed by atoms with E-state index in [1.165, 1.54) is 18.3 Å². The highest BCUT2D eigenvalue weighted by molar-refractivity contribution is 5.78. The Bertz CT molecular complexity index is 789. The first-order valence-corrected chi connectivity index (χ1v) is 6.03. The fraction of sp³-hybridized carbons (Fsp3) is 0. The summed E-state index contributed by atoms with van der Waals surface area (Å²) in [5.41, 5.74) is 1.57. The third-order valence-corrected chi connectivity index (χ3v) is 2.68. The third-order valence-electron chi connectivity index (χ3n) is 2.68. The van der Waals surface area contributed by atoms with Crippen LogP contribution < -0.4 is 0 Å². The SMILES string of the molecule is O=[N+]([O-])c1ccc(C=Nc2cc(-c3ccccc3)no2)o1. The van der Waals surface area contributed by atoms with Crippen LogP contribution in [0.4, 0.5) is 11.8 Å². The lowest BCUT2D eigenvalue weighted by Crippen LogP contribution is -1.83. The van der Waals surface area contributed by atoms with E-state index in [0.29, 0.717) is 5.69 Å². The number of nitro groups is 1. The van der Waals surface area contributed by atoms with Crippen molar-refractivity contribution < 1.29 is 13.9 Å². The van der Waals surface area contributed by atoms with Gasteiger partial charge in [0, 0.05) is 11.6 Å². The van der Waals surface area contributed by atoms with Gasteiger partial charge in [-0.05, 0) is 6.07 Å². The van der Waals surface area contributed by atoms with Gasteiger partial charge in [-0.25, -0.2) is 4.99 Å². The molecule has 7 heteroatoms. The number of benzene rings is 1. The molecule has 0 saturated heterocycles. The summed E-state index contributed by atoms with van der Waals surface area (Å²) in [6.45, 7) is 0. The predicted octanol–water partition coefficient (Wildman–Crippen LogP) is 3.59. The van der Waals surface area contributed by atoms with E-state index >= 15 is 0 Å². The van der Waals surface area contributed by atoms with E-state index in [2.05, 4.69) is 10.1 Å². The molecule has 0 aliphatic heterocycles. The van der Waals surface area contributed by atoms with E-state index in [9.17, 15) is 10.1 Å². The molecule has 0 saturated carbocycles.